The summed E-state index contributed by atoms with van der Waals surface area (Å²) in [5.74, 6) is 0.162. The van der Waals surface area contributed by atoms with Crippen LogP contribution in [0.25, 0.3) is 0 Å². The van der Waals surface area contributed by atoms with Crippen molar-refractivity contribution >= 4 is 23.5 Å². The van der Waals surface area contributed by atoms with Crippen molar-refractivity contribution in [1.29, 1.82) is 0 Å². The van der Waals surface area contributed by atoms with Gasteiger partial charge >= 0.3 is 5.97 Å². The molecule has 7 heteroatoms. The standard InChI is InChI=1S/C20H24N4O3/c1-13-11-14(2)22-20(21-13)23-17-6-4-5-16(12-17)18(25)24-9-7-15(8-10-24)19(26)27-3/h4-6,11-12,15H,7-10H2,1-3H3,(H,21,22,23). The number of piperidine rings is 1. The van der Waals surface area contributed by atoms with Gasteiger partial charge in [0.1, 0.15) is 0 Å². The van der Waals surface area contributed by atoms with Crippen molar-refractivity contribution in [3.8, 4) is 0 Å². The summed E-state index contributed by atoms with van der Waals surface area (Å²) in [7, 11) is 1.40. The van der Waals surface area contributed by atoms with E-state index in [1.54, 1.807) is 17.0 Å². The lowest BCUT2D eigenvalue weighted by Gasteiger charge is -2.30. The second kappa shape index (κ2) is 8.16. The average Bonchev–Trinajstić information content (AvgIpc) is 2.66. The zero-order valence-electron chi connectivity index (χ0n) is 15.9. The third-order valence-electron chi connectivity index (χ3n) is 4.66. The van der Waals surface area contributed by atoms with Crippen molar-refractivity contribution < 1.29 is 14.3 Å². The highest BCUT2D eigenvalue weighted by Gasteiger charge is 2.28. The second-order valence-electron chi connectivity index (χ2n) is 6.77. The SMILES string of the molecule is COC(=O)C1CCN(C(=O)c2cccc(Nc3nc(C)cc(C)n3)c2)CC1. The van der Waals surface area contributed by atoms with Gasteiger partial charge in [0.2, 0.25) is 5.95 Å². The zero-order chi connectivity index (χ0) is 19.4. The Kier molecular flexibility index (Phi) is 5.69. The molecule has 0 unspecified atom stereocenters. The van der Waals surface area contributed by atoms with Gasteiger partial charge in [-0.15, -0.1) is 0 Å². The Morgan fingerprint density at radius 3 is 2.41 bits per heavy atom. The molecule has 0 bridgehead atoms. The predicted octanol–water partition coefficient (Wildman–Crippen LogP) is 2.86. The number of hydrogen-bond acceptors (Lipinski definition) is 6. The Hall–Kier alpha value is -2.96. The highest BCUT2D eigenvalue weighted by molar-refractivity contribution is 5.95. The van der Waals surface area contributed by atoms with E-state index >= 15 is 0 Å². The molecule has 0 atom stereocenters. The molecule has 1 saturated heterocycles. The van der Waals surface area contributed by atoms with E-state index in [9.17, 15) is 9.59 Å². The lowest BCUT2D eigenvalue weighted by atomic mass is 9.96. The van der Waals surface area contributed by atoms with Crippen LogP contribution in [0.5, 0.6) is 0 Å². The van der Waals surface area contributed by atoms with E-state index < -0.39 is 0 Å². The predicted molar refractivity (Wildman–Crippen MR) is 102 cm³/mol. The summed E-state index contributed by atoms with van der Waals surface area (Å²) in [6.07, 6.45) is 1.26. The Balaban J connectivity index is 1.68. The highest BCUT2D eigenvalue weighted by atomic mass is 16.5. The van der Waals surface area contributed by atoms with Gasteiger partial charge in [0.05, 0.1) is 13.0 Å². The number of likely N-dealkylation sites (tertiary alicyclic amines) is 1. The first-order valence-electron chi connectivity index (χ1n) is 9.02. The van der Waals surface area contributed by atoms with Crippen LogP contribution in [0.3, 0.4) is 0 Å². The monoisotopic (exact) mass is 368 g/mol. The van der Waals surface area contributed by atoms with Crippen molar-refractivity contribution in [2.24, 2.45) is 5.92 Å². The van der Waals surface area contributed by atoms with E-state index in [1.807, 2.05) is 32.0 Å². The van der Waals surface area contributed by atoms with Crippen LogP contribution in [-0.2, 0) is 9.53 Å². The van der Waals surface area contributed by atoms with Crippen molar-refractivity contribution in [3.05, 3.63) is 47.3 Å². The number of carbonyl (C=O) groups is 2. The molecule has 1 aliphatic rings. The fourth-order valence-corrected chi connectivity index (χ4v) is 3.31. The third kappa shape index (κ3) is 4.61. The minimum atomic E-state index is -0.193. The summed E-state index contributed by atoms with van der Waals surface area (Å²) in [5.41, 5.74) is 3.12. The van der Waals surface area contributed by atoms with Crippen LogP contribution in [0.1, 0.15) is 34.6 Å². The average molecular weight is 368 g/mol. The Morgan fingerprint density at radius 2 is 1.78 bits per heavy atom. The number of carbonyl (C=O) groups excluding carboxylic acids is 2. The molecular weight excluding hydrogens is 344 g/mol. The second-order valence-corrected chi connectivity index (χ2v) is 6.77. The number of benzene rings is 1. The minimum Gasteiger partial charge on any atom is -0.469 e. The molecule has 2 aromatic rings. The van der Waals surface area contributed by atoms with Crippen LogP contribution in [0.2, 0.25) is 0 Å². The first-order chi connectivity index (χ1) is 13.0. The number of amides is 1. The van der Waals surface area contributed by atoms with Gasteiger partial charge < -0.3 is 15.0 Å². The third-order valence-corrected chi connectivity index (χ3v) is 4.66. The molecule has 1 fully saturated rings. The van der Waals surface area contributed by atoms with Crippen molar-refractivity contribution in [2.75, 3.05) is 25.5 Å². The van der Waals surface area contributed by atoms with Crippen LogP contribution < -0.4 is 5.32 Å². The molecular formula is C20H24N4O3. The quantitative estimate of drug-likeness (QED) is 0.836. The maximum Gasteiger partial charge on any atom is 0.308 e. The number of aromatic nitrogens is 2. The first-order valence-corrected chi connectivity index (χ1v) is 9.02. The molecule has 7 nitrogen and oxygen atoms in total. The van der Waals surface area contributed by atoms with Gasteiger partial charge in [0.15, 0.2) is 0 Å². The van der Waals surface area contributed by atoms with Crippen LogP contribution >= 0.6 is 0 Å². The number of ether oxygens (including phenoxy) is 1. The lowest BCUT2D eigenvalue weighted by Crippen LogP contribution is -2.40. The van der Waals surface area contributed by atoms with Gasteiger partial charge in [-0.3, -0.25) is 9.59 Å². The molecule has 1 aromatic heterocycles. The molecule has 1 aliphatic heterocycles. The maximum absolute atomic E-state index is 12.8. The fraction of sp³-hybridized carbons (Fsp3) is 0.400. The van der Waals surface area contributed by atoms with Gasteiger partial charge in [-0.1, -0.05) is 6.07 Å². The molecule has 0 aliphatic carbocycles. The number of aryl methyl sites for hydroxylation is 2. The normalized spacial score (nSPS) is 14.7. The summed E-state index contributed by atoms with van der Waals surface area (Å²) in [6.45, 7) is 4.93. The van der Waals surface area contributed by atoms with E-state index in [1.165, 1.54) is 7.11 Å². The molecule has 27 heavy (non-hydrogen) atoms. The number of anilines is 2. The van der Waals surface area contributed by atoms with Crippen LogP contribution in [0.4, 0.5) is 11.6 Å². The van der Waals surface area contributed by atoms with E-state index in [0.29, 0.717) is 37.4 Å². The highest BCUT2D eigenvalue weighted by Crippen LogP contribution is 2.22. The van der Waals surface area contributed by atoms with Crippen LogP contribution in [0.15, 0.2) is 30.3 Å². The van der Waals surface area contributed by atoms with Crippen molar-refractivity contribution in [1.82, 2.24) is 14.9 Å². The molecule has 2 heterocycles. The Morgan fingerprint density at radius 1 is 1.11 bits per heavy atom. The van der Waals surface area contributed by atoms with Gasteiger partial charge in [-0.2, -0.15) is 0 Å². The molecule has 1 amide bonds. The first kappa shape index (κ1) is 18.8. The molecule has 1 aromatic carbocycles. The Bertz CT molecular complexity index is 825. The van der Waals surface area contributed by atoms with Crippen molar-refractivity contribution in [2.45, 2.75) is 26.7 Å². The molecule has 142 valence electrons. The summed E-state index contributed by atoms with van der Waals surface area (Å²) in [5, 5.41) is 3.16. The summed E-state index contributed by atoms with van der Waals surface area (Å²) >= 11 is 0. The van der Waals surface area contributed by atoms with E-state index in [-0.39, 0.29) is 17.8 Å². The summed E-state index contributed by atoms with van der Waals surface area (Å²) in [6, 6.07) is 9.21. The molecule has 0 radical (unpaired) electrons. The van der Waals surface area contributed by atoms with E-state index in [0.717, 1.165) is 17.1 Å². The largest absolute Gasteiger partial charge is 0.469 e. The van der Waals surface area contributed by atoms with E-state index in [4.69, 9.17) is 4.74 Å². The van der Waals surface area contributed by atoms with Crippen molar-refractivity contribution in [3.63, 3.8) is 0 Å². The van der Waals surface area contributed by atoms with Gasteiger partial charge in [0, 0.05) is 35.7 Å². The molecule has 0 spiro atoms. The van der Waals surface area contributed by atoms with Crippen LogP contribution in [0, 0.1) is 19.8 Å². The zero-order valence-corrected chi connectivity index (χ0v) is 15.9. The van der Waals surface area contributed by atoms with E-state index in [2.05, 4.69) is 15.3 Å². The number of methoxy groups -OCH3 is 1. The van der Waals surface area contributed by atoms with Gasteiger partial charge in [-0.25, -0.2) is 9.97 Å². The summed E-state index contributed by atoms with van der Waals surface area (Å²) in [4.78, 5) is 35.0. The lowest BCUT2D eigenvalue weighted by molar-refractivity contribution is -0.146. The Labute approximate surface area is 158 Å². The fourth-order valence-electron chi connectivity index (χ4n) is 3.31. The van der Waals surface area contributed by atoms with Gasteiger partial charge in [0.25, 0.3) is 5.91 Å². The molecule has 1 N–H and O–H groups in total. The minimum absolute atomic E-state index is 0.0386. The topological polar surface area (TPSA) is 84.4 Å². The number of esters is 1. The number of nitrogens with one attached hydrogen (secondary N) is 1. The number of hydrogen-bond donors (Lipinski definition) is 1. The maximum atomic E-state index is 12.8. The number of nitrogens with zero attached hydrogens (tertiary/aromatic N) is 3. The molecule has 3 rings (SSSR count). The number of rotatable bonds is 4. The summed E-state index contributed by atoms with van der Waals surface area (Å²) < 4.78 is 4.80. The van der Waals surface area contributed by atoms with Crippen LogP contribution in [-0.4, -0.2) is 46.9 Å². The van der Waals surface area contributed by atoms with Gasteiger partial charge in [-0.05, 0) is 51.0 Å². The molecule has 0 saturated carbocycles. The smallest absolute Gasteiger partial charge is 0.308 e.